The van der Waals surface area contributed by atoms with Crippen molar-refractivity contribution in [2.24, 2.45) is 29.1 Å². The van der Waals surface area contributed by atoms with Crippen LogP contribution in [0, 0.1) is 29.1 Å². The predicted molar refractivity (Wildman–Crippen MR) is 156 cm³/mol. The number of hydrogen-bond donors (Lipinski definition) is 1. The Morgan fingerprint density at radius 1 is 1.00 bits per heavy atom. The topological polar surface area (TPSA) is 67.9 Å². The number of carbonyl (C=O) groups is 2. The van der Waals surface area contributed by atoms with E-state index >= 15 is 0 Å². The molecule has 0 aromatic heterocycles. The maximum atomic E-state index is 12.7. The van der Waals surface area contributed by atoms with Crippen LogP contribution in [-0.2, 0) is 14.3 Å². The van der Waals surface area contributed by atoms with Crippen molar-refractivity contribution in [3.05, 3.63) is 24.3 Å². The van der Waals surface area contributed by atoms with E-state index < -0.39 is 0 Å². The molecule has 6 nitrogen and oxygen atoms in total. The van der Waals surface area contributed by atoms with Gasteiger partial charge in [-0.15, -0.1) is 23.2 Å². The first-order chi connectivity index (χ1) is 18.8. The number of halogens is 2. The van der Waals surface area contributed by atoms with E-state index in [1.807, 2.05) is 24.3 Å². The second kappa shape index (κ2) is 12.1. The van der Waals surface area contributed by atoms with Gasteiger partial charge in [0, 0.05) is 42.5 Å². The van der Waals surface area contributed by atoms with Crippen molar-refractivity contribution in [1.29, 1.82) is 0 Å². The Morgan fingerprint density at radius 3 is 2.46 bits per heavy atom. The molecule has 1 saturated heterocycles. The molecule has 5 rings (SSSR count). The highest BCUT2D eigenvalue weighted by atomic mass is 35.5. The first kappa shape index (κ1) is 28.9. The van der Waals surface area contributed by atoms with Crippen molar-refractivity contribution in [2.45, 2.75) is 83.3 Å². The van der Waals surface area contributed by atoms with Gasteiger partial charge < -0.3 is 19.7 Å². The number of ether oxygens (including phenoxy) is 2. The number of amides is 1. The van der Waals surface area contributed by atoms with E-state index in [-0.39, 0.29) is 30.1 Å². The zero-order valence-electron chi connectivity index (χ0n) is 23.4. The van der Waals surface area contributed by atoms with Crippen LogP contribution < -0.4 is 15.0 Å². The van der Waals surface area contributed by atoms with Crippen LogP contribution in [0.4, 0.5) is 5.69 Å². The maximum Gasteiger partial charge on any atom is 0.344 e. The second-order valence-electron chi connectivity index (χ2n) is 12.7. The Kier molecular flexibility index (Phi) is 8.92. The Labute approximate surface area is 243 Å². The molecule has 0 unspecified atom stereocenters. The molecule has 216 valence electrons. The molecular weight excluding hydrogens is 535 g/mol. The van der Waals surface area contributed by atoms with Crippen LogP contribution in [0.3, 0.4) is 0 Å². The Bertz CT molecular complexity index is 1020. The standard InChI is InChI=1S/C31H44Cl2N2O4/c1-30-13-11-24(39-29(37)20-38-23-6-4-22(5-7-23)35(17-15-32)18-16-33)19-21(30)3-8-25-26(30)12-14-31(2)27(25)9-10-28(36)34-31/h4-7,21,24-27H,3,8-20H2,1-2H3,(H,34,36)/t21-,24+,25+,26-,27+,30-,31+/m0/s1. The number of rotatable bonds is 9. The van der Waals surface area contributed by atoms with Crippen molar-refractivity contribution in [1.82, 2.24) is 5.32 Å². The van der Waals surface area contributed by atoms with Gasteiger partial charge in [0.15, 0.2) is 6.61 Å². The van der Waals surface area contributed by atoms with E-state index in [4.69, 9.17) is 32.7 Å². The van der Waals surface area contributed by atoms with Crippen LogP contribution in [0.25, 0.3) is 0 Å². The summed E-state index contributed by atoms with van der Waals surface area (Å²) < 4.78 is 11.7. The maximum absolute atomic E-state index is 12.7. The minimum atomic E-state index is -0.293. The summed E-state index contributed by atoms with van der Waals surface area (Å²) in [6.07, 6.45) is 9.37. The Balaban J connectivity index is 1.12. The molecule has 1 heterocycles. The molecule has 39 heavy (non-hydrogen) atoms. The lowest BCUT2D eigenvalue weighted by Crippen LogP contribution is -2.63. The molecule has 0 radical (unpaired) electrons. The molecule has 1 amide bonds. The number of esters is 1. The van der Waals surface area contributed by atoms with Crippen molar-refractivity contribution in [2.75, 3.05) is 36.4 Å². The molecule has 4 aliphatic rings. The lowest BCUT2D eigenvalue weighted by molar-refractivity contribution is -0.164. The van der Waals surface area contributed by atoms with Crippen molar-refractivity contribution in [3.63, 3.8) is 0 Å². The molecule has 3 saturated carbocycles. The van der Waals surface area contributed by atoms with E-state index in [1.165, 1.54) is 19.3 Å². The number of nitrogens with one attached hydrogen (secondary N) is 1. The van der Waals surface area contributed by atoms with Gasteiger partial charge in [0.2, 0.25) is 5.91 Å². The van der Waals surface area contributed by atoms with E-state index in [2.05, 4.69) is 24.1 Å². The second-order valence-corrected chi connectivity index (χ2v) is 13.5. The van der Waals surface area contributed by atoms with Crippen molar-refractivity contribution < 1.29 is 19.1 Å². The third-order valence-corrected chi connectivity index (χ3v) is 11.0. The normalized spacial score (nSPS) is 35.6. The first-order valence-corrected chi connectivity index (χ1v) is 15.9. The molecule has 0 bridgehead atoms. The smallest absolute Gasteiger partial charge is 0.344 e. The summed E-state index contributed by atoms with van der Waals surface area (Å²) >= 11 is 11.8. The van der Waals surface area contributed by atoms with Crippen molar-refractivity contribution in [3.8, 4) is 5.75 Å². The predicted octanol–water partition coefficient (Wildman–Crippen LogP) is 6.17. The molecule has 1 aliphatic heterocycles. The fraction of sp³-hybridized carbons (Fsp3) is 0.742. The summed E-state index contributed by atoms with van der Waals surface area (Å²) in [7, 11) is 0. The SMILES string of the molecule is C[C@]12CC[C@@H](OC(=O)COc3ccc(N(CCCl)CCCl)cc3)C[C@@H]1CC[C@H]1[C@H]3CCC(=O)N[C@]3(C)CC[C@@H]12. The molecule has 1 aromatic carbocycles. The minimum absolute atomic E-state index is 0.0272. The van der Waals surface area contributed by atoms with Gasteiger partial charge in [-0.2, -0.15) is 0 Å². The van der Waals surface area contributed by atoms with Gasteiger partial charge in [0.1, 0.15) is 11.9 Å². The van der Waals surface area contributed by atoms with Gasteiger partial charge in [-0.1, -0.05) is 6.92 Å². The average Bonchev–Trinajstić information content (AvgIpc) is 2.91. The summed E-state index contributed by atoms with van der Waals surface area (Å²) in [6, 6.07) is 7.67. The van der Waals surface area contributed by atoms with Gasteiger partial charge in [-0.3, -0.25) is 4.79 Å². The number of fused-ring (bicyclic) bond motifs is 5. The van der Waals surface area contributed by atoms with E-state index in [0.717, 1.165) is 50.9 Å². The number of benzene rings is 1. The lowest BCUT2D eigenvalue weighted by atomic mass is 9.45. The fourth-order valence-electron chi connectivity index (χ4n) is 8.69. The fourth-order valence-corrected chi connectivity index (χ4v) is 9.10. The van der Waals surface area contributed by atoms with Crippen LogP contribution in [0.15, 0.2) is 24.3 Å². The van der Waals surface area contributed by atoms with Crippen molar-refractivity contribution >= 4 is 40.8 Å². The lowest BCUT2D eigenvalue weighted by Gasteiger charge is -2.62. The zero-order valence-corrected chi connectivity index (χ0v) is 24.9. The van der Waals surface area contributed by atoms with Crippen LogP contribution in [0.2, 0.25) is 0 Å². The molecule has 8 heteroatoms. The molecule has 0 spiro atoms. The highest BCUT2D eigenvalue weighted by molar-refractivity contribution is 6.18. The number of nitrogens with zero attached hydrogens (tertiary/aromatic N) is 1. The summed E-state index contributed by atoms with van der Waals surface area (Å²) in [4.78, 5) is 27.0. The van der Waals surface area contributed by atoms with Crippen LogP contribution in [-0.4, -0.2) is 55.0 Å². The monoisotopic (exact) mass is 578 g/mol. The minimum Gasteiger partial charge on any atom is -0.482 e. The number of carbonyl (C=O) groups excluding carboxylic acids is 2. The third kappa shape index (κ3) is 6.02. The van der Waals surface area contributed by atoms with E-state index in [1.54, 1.807) is 0 Å². The molecule has 3 aliphatic carbocycles. The van der Waals surface area contributed by atoms with E-state index in [0.29, 0.717) is 53.0 Å². The quantitative estimate of drug-likeness (QED) is 0.280. The van der Waals surface area contributed by atoms with Gasteiger partial charge in [0.05, 0.1) is 0 Å². The molecule has 1 N–H and O–H groups in total. The first-order valence-electron chi connectivity index (χ1n) is 14.9. The third-order valence-electron chi connectivity index (χ3n) is 10.7. The Morgan fingerprint density at radius 2 is 1.74 bits per heavy atom. The summed E-state index contributed by atoms with van der Waals surface area (Å²) in [6.45, 7) is 6.15. The number of alkyl halides is 2. The van der Waals surface area contributed by atoms with Crippen LogP contribution in [0.1, 0.15) is 71.6 Å². The van der Waals surface area contributed by atoms with Crippen LogP contribution in [0.5, 0.6) is 5.75 Å². The molecular formula is C31H44Cl2N2O4. The van der Waals surface area contributed by atoms with Gasteiger partial charge in [-0.05, 0) is 112 Å². The van der Waals surface area contributed by atoms with Gasteiger partial charge in [0.25, 0.3) is 0 Å². The van der Waals surface area contributed by atoms with Gasteiger partial charge in [-0.25, -0.2) is 4.79 Å². The number of piperidine rings is 1. The van der Waals surface area contributed by atoms with E-state index in [9.17, 15) is 9.59 Å². The Hall–Kier alpha value is -1.66. The number of anilines is 1. The summed E-state index contributed by atoms with van der Waals surface area (Å²) in [5, 5.41) is 3.36. The summed E-state index contributed by atoms with van der Waals surface area (Å²) in [5.41, 5.74) is 1.30. The molecule has 4 fully saturated rings. The largest absolute Gasteiger partial charge is 0.482 e. The number of hydrogen-bond acceptors (Lipinski definition) is 5. The van der Waals surface area contributed by atoms with Crippen LogP contribution >= 0.6 is 23.2 Å². The molecule has 7 atom stereocenters. The van der Waals surface area contributed by atoms with Gasteiger partial charge >= 0.3 is 5.97 Å². The highest BCUT2D eigenvalue weighted by Gasteiger charge is 2.58. The highest BCUT2D eigenvalue weighted by Crippen LogP contribution is 2.62. The summed E-state index contributed by atoms with van der Waals surface area (Å²) in [5.74, 6) is 4.22. The molecule has 1 aromatic rings. The average molecular weight is 580 g/mol. The zero-order chi connectivity index (χ0) is 27.6.